The van der Waals surface area contributed by atoms with E-state index in [0.29, 0.717) is 19.7 Å². The molecule has 0 aromatic heterocycles. The van der Waals surface area contributed by atoms with Crippen LogP contribution in [0, 0.1) is 0 Å². The van der Waals surface area contributed by atoms with Crippen LogP contribution in [0.2, 0.25) is 0 Å². The molecule has 0 bridgehead atoms. The molecule has 1 saturated heterocycles. The van der Waals surface area contributed by atoms with Crippen LogP contribution in [0.5, 0.6) is 5.75 Å². The summed E-state index contributed by atoms with van der Waals surface area (Å²) in [5, 5.41) is 2.74. The van der Waals surface area contributed by atoms with Gasteiger partial charge >= 0.3 is 6.09 Å². The number of likely N-dealkylation sites (N-methyl/N-ethyl adjacent to an activating group) is 1. The van der Waals surface area contributed by atoms with E-state index in [0.717, 1.165) is 11.4 Å². The third kappa shape index (κ3) is 4.85. The second-order valence-corrected chi connectivity index (χ2v) is 5.69. The molecular weight excluding hydrogens is 298 g/mol. The molecule has 0 saturated carbocycles. The Morgan fingerprint density at radius 3 is 2.65 bits per heavy atom. The largest absolute Gasteiger partial charge is 0.497 e. The van der Waals surface area contributed by atoms with Gasteiger partial charge in [-0.2, -0.15) is 0 Å². The van der Waals surface area contributed by atoms with Gasteiger partial charge in [0.05, 0.1) is 13.2 Å². The molecule has 0 radical (unpaired) electrons. The molecule has 126 valence electrons. The van der Waals surface area contributed by atoms with Crippen molar-refractivity contribution in [3.05, 3.63) is 24.3 Å². The number of rotatable bonds is 6. The minimum atomic E-state index is -0.485. The van der Waals surface area contributed by atoms with Crippen LogP contribution >= 0.6 is 0 Å². The number of nitrogens with zero attached hydrogens (tertiary/aromatic N) is 2. The van der Waals surface area contributed by atoms with Crippen LogP contribution in [0.25, 0.3) is 0 Å². The molecule has 1 aliphatic rings. The Kier molecular flexibility index (Phi) is 5.81. The Morgan fingerprint density at radius 2 is 2.04 bits per heavy atom. The Bertz CT molecular complexity index is 545. The predicted molar refractivity (Wildman–Crippen MR) is 86.8 cm³/mol. The number of carbonyl (C=O) groups excluding carboxylic acids is 2. The molecule has 0 aliphatic carbocycles. The van der Waals surface area contributed by atoms with E-state index in [1.54, 1.807) is 24.1 Å². The normalized spacial score (nSPS) is 17.5. The molecular formula is C16H23N3O4. The van der Waals surface area contributed by atoms with Crippen molar-refractivity contribution in [2.75, 3.05) is 45.8 Å². The number of benzene rings is 1. The minimum absolute atomic E-state index is 0.0197. The molecule has 1 heterocycles. The fourth-order valence-electron chi connectivity index (χ4n) is 2.35. The summed E-state index contributed by atoms with van der Waals surface area (Å²) in [7, 11) is 5.41. The Labute approximate surface area is 136 Å². The lowest BCUT2D eigenvalue weighted by atomic mass is 10.2. The van der Waals surface area contributed by atoms with Crippen LogP contribution in [0.15, 0.2) is 24.3 Å². The number of anilines is 1. The SMILES string of the molecule is COc1ccc(N2C[C@H](NC(=O)OCCN(C)C)CC2=O)cc1. The van der Waals surface area contributed by atoms with E-state index in [2.05, 4.69) is 5.32 Å². The molecule has 2 rings (SSSR count). The van der Waals surface area contributed by atoms with Gasteiger partial charge in [0.25, 0.3) is 0 Å². The quantitative estimate of drug-likeness (QED) is 0.849. The number of alkyl carbamates (subject to hydrolysis) is 1. The zero-order valence-electron chi connectivity index (χ0n) is 13.7. The molecule has 1 aliphatic heterocycles. The smallest absolute Gasteiger partial charge is 0.407 e. The van der Waals surface area contributed by atoms with Gasteiger partial charge in [-0.1, -0.05) is 0 Å². The van der Waals surface area contributed by atoms with E-state index < -0.39 is 6.09 Å². The number of nitrogens with one attached hydrogen (secondary N) is 1. The highest BCUT2D eigenvalue weighted by atomic mass is 16.5. The first-order valence-electron chi connectivity index (χ1n) is 7.52. The van der Waals surface area contributed by atoms with Crippen molar-refractivity contribution < 1.29 is 19.1 Å². The van der Waals surface area contributed by atoms with Crippen LogP contribution in [0.4, 0.5) is 10.5 Å². The number of hydrogen-bond acceptors (Lipinski definition) is 5. The summed E-state index contributed by atoms with van der Waals surface area (Å²) < 4.78 is 10.2. The van der Waals surface area contributed by atoms with Gasteiger partial charge in [-0.25, -0.2) is 4.79 Å². The van der Waals surface area contributed by atoms with Gasteiger partial charge in [-0.3, -0.25) is 4.79 Å². The number of hydrogen-bond donors (Lipinski definition) is 1. The maximum absolute atomic E-state index is 12.1. The first kappa shape index (κ1) is 17.1. The number of carbonyl (C=O) groups is 2. The van der Waals surface area contributed by atoms with Crippen LogP contribution in [0.3, 0.4) is 0 Å². The molecule has 7 heteroatoms. The molecule has 1 fully saturated rings. The van der Waals surface area contributed by atoms with Crippen LogP contribution < -0.4 is 15.0 Å². The van der Waals surface area contributed by atoms with Crippen molar-refractivity contribution in [2.45, 2.75) is 12.5 Å². The molecule has 23 heavy (non-hydrogen) atoms. The third-order valence-electron chi connectivity index (χ3n) is 3.60. The zero-order valence-corrected chi connectivity index (χ0v) is 13.7. The summed E-state index contributed by atoms with van der Waals surface area (Å²) in [4.78, 5) is 27.4. The van der Waals surface area contributed by atoms with Crippen molar-refractivity contribution in [1.82, 2.24) is 10.2 Å². The number of amides is 2. The van der Waals surface area contributed by atoms with Gasteiger partial charge in [0, 0.05) is 25.2 Å². The van der Waals surface area contributed by atoms with Gasteiger partial charge in [0.2, 0.25) is 5.91 Å². The van der Waals surface area contributed by atoms with Crippen molar-refractivity contribution >= 4 is 17.7 Å². The van der Waals surface area contributed by atoms with Crippen LogP contribution in [-0.2, 0) is 9.53 Å². The summed E-state index contributed by atoms with van der Waals surface area (Å²) in [6.45, 7) is 1.42. The summed E-state index contributed by atoms with van der Waals surface area (Å²) >= 11 is 0. The first-order chi connectivity index (χ1) is 11.0. The second kappa shape index (κ2) is 7.82. The van der Waals surface area contributed by atoms with Gasteiger partial charge in [0.1, 0.15) is 12.4 Å². The predicted octanol–water partition coefficient (Wildman–Crippen LogP) is 1.09. The van der Waals surface area contributed by atoms with Gasteiger partial charge in [0.15, 0.2) is 0 Å². The highest BCUT2D eigenvalue weighted by Crippen LogP contribution is 2.24. The monoisotopic (exact) mass is 321 g/mol. The average molecular weight is 321 g/mol. The fourth-order valence-corrected chi connectivity index (χ4v) is 2.35. The summed E-state index contributed by atoms with van der Waals surface area (Å²) in [5.74, 6) is 0.716. The zero-order chi connectivity index (χ0) is 16.8. The maximum atomic E-state index is 12.1. The Balaban J connectivity index is 1.85. The highest BCUT2D eigenvalue weighted by Gasteiger charge is 2.31. The Hall–Kier alpha value is -2.28. The average Bonchev–Trinajstić information content (AvgIpc) is 2.87. The van der Waals surface area contributed by atoms with E-state index in [-0.39, 0.29) is 18.4 Å². The summed E-state index contributed by atoms with van der Waals surface area (Å²) in [6.07, 6.45) is -0.212. The number of methoxy groups -OCH3 is 1. The van der Waals surface area contributed by atoms with E-state index in [1.165, 1.54) is 0 Å². The van der Waals surface area contributed by atoms with Gasteiger partial charge in [-0.15, -0.1) is 0 Å². The van der Waals surface area contributed by atoms with Gasteiger partial charge in [-0.05, 0) is 38.4 Å². The maximum Gasteiger partial charge on any atom is 0.407 e. The third-order valence-corrected chi connectivity index (χ3v) is 3.60. The summed E-state index contributed by atoms with van der Waals surface area (Å²) in [6, 6.07) is 7.03. The second-order valence-electron chi connectivity index (χ2n) is 5.69. The lowest BCUT2D eigenvalue weighted by Gasteiger charge is -2.17. The number of ether oxygens (including phenoxy) is 2. The molecule has 1 N–H and O–H groups in total. The molecule has 0 unspecified atom stereocenters. The minimum Gasteiger partial charge on any atom is -0.497 e. The van der Waals surface area contributed by atoms with Crippen molar-refractivity contribution in [1.29, 1.82) is 0 Å². The van der Waals surface area contributed by atoms with E-state index in [1.807, 2.05) is 31.1 Å². The van der Waals surface area contributed by atoms with Crippen molar-refractivity contribution in [3.8, 4) is 5.75 Å². The van der Waals surface area contributed by atoms with Crippen LogP contribution in [0.1, 0.15) is 6.42 Å². The lowest BCUT2D eigenvalue weighted by Crippen LogP contribution is -2.38. The first-order valence-corrected chi connectivity index (χ1v) is 7.52. The standard InChI is InChI=1S/C16H23N3O4/c1-18(2)8-9-23-16(21)17-12-10-15(20)19(11-12)13-4-6-14(22-3)7-5-13/h4-7,12H,8-11H2,1-3H3,(H,17,21)/t12-/m1/s1. The van der Waals surface area contributed by atoms with Crippen molar-refractivity contribution in [3.63, 3.8) is 0 Å². The molecule has 0 spiro atoms. The molecule has 1 atom stereocenters. The van der Waals surface area contributed by atoms with E-state index >= 15 is 0 Å². The topological polar surface area (TPSA) is 71.1 Å². The van der Waals surface area contributed by atoms with E-state index in [4.69, 9.17) is 9.47 Å². The van der Waals surface area contributed by atoms with Crippen LogP contribution in [-0.4, -0.2) is 63.8 Å². The Morgan fingerprint density at radius 1 is 1.35 bits per heavy atom. The molecule has 7 nitrogen and oxygen atoms in total. The molecule has 1 aromatic rings. The van der Waals surface area contributed by atoms with Crippen molar-refractivity contribution in [2.24, 2.45) is 0 Å². The van der Waals surface area contributed by atoms with Gasteiger partial charge < -0.3 is 24.6 Å². The highest BCUT2D eigenvalue weighted by molar-refractivity contribution is 5.96. The molecule has 1 aromatic carbocycles. The molecule has 2 amide bonds. The fraction of sp³-hybridized carbons (Fsp3) is 0.500. The summed E-state index contributed by atoms with van der Waals surface area (Å²) in [5.41, 5.74) is 0.793. The lowest BCUT2D eigenvalue weighted by molar-refractivity contribution is -0.117. The van der Waals surface area contributed by atoms with E-state index in [9.17, 15) is 9.59 Å².